The number of para-hydroxylation sites is 1. The first kappa shape index (κ1) is 21.3. The first-order valence-electron chi connectivity index (χ1n) is 8.93. The van der Waals surface area contributed by atoms with Gasteiger partial charge < -0.3 is 20.1 Å². The van der Waals surface area contributed by atoms with Crippen molar-refractivity contribution in [2.75, 3.05) is 18.9 Å². The SMILES string of the molecule is CC(CSc1nnnn1C)=C(C(=O)O)N1CC(NC(=O)COc2ccccc2)C1=O. The van der Waals surface area contributed by atoms with Gasteiger partial charge >= 0.3 is 5.97 Å². The van der Waals surface area contributed by atoms with Gasteiger partial charge in [0.2, 0.25) is 5.16 Å². The number of aliphatic carboxylic acids is 1. The number of nitrogens with zero attached hydrogens (tertiary/aromatic N) is 5. The van der Waals surface area contributed by atoms with Crippen LogP contribution in [-0.4, -0.2) is 72.9 Å². The summed E-state index contributed by atoms with van der Waals surface area (Å²) in [4.78, 5) is 37.3. The van der Waals surface area contributed by atoms with E-state index < -0.39 is 23.8 Å². The van der Waals surface area contributed by atoms with E-state index in [2.05, 4.69) is 20.8 Å². The molecule has 0 bridgehead atoms. The van der Waals surface area contributed by atoms with Crippen LogP contribution in [0.5, 0.6) is 5.75 Å². The highest BCUT2D eigenvalue weighted by Gasteiger charge is 2.42. The van der Waals surface area contributed by atoms with Gasteiger partial charge in [-0.25, -0.2) is 9.48 Å². The summed E-state index contributed by atoms with van der Waals surface area (Å²) in [6.07, 6.45) is 0. The molecule has 12 heteroatoms. The van der Waals surface area contributed by atoms with E-state index in [4.69, 9.17) is 4.74 Å². The first-order valence-corrected chi connectivity index (χ1v) is 9.92. The van der Waals surface area contributed by atoms with E-state index in [1.807, 2.05) is 6.07 Å². The Morgan fingerprint density at radius 1 is 1.33 bits per heavy atom. The first-order chi connectivity index (χ1) is 14.4. The third-order valence-electron chi connectivity index (χ3n) is 4.25. The number of carboxylic acid groups (broad SMARTS) is 1. The van der Waals surface area contributed by atoms with Gasteiger partial charge in [0.15, 0.2) is 6.61 Å². The summed E-state index contributed by atoms with van der Waals surface area (Å²) < 4.78 is 6.81. The van der Waals surface area contributed by atoms with E-state index in [9.17, 15) is 19.5 Å². The number of carbonyl (C=O) groups is 3. The van der Waals surface area contributed by atoms with Crippen LogP contribution in [0.15, 0.2) is 46.8 Å². The van der Waals surface area contributed by atoms with Gasteiger partial charge in [-0.2, -0.15) is 0 Å². The quantitative estimate of drug-likeness (QED) is 0.320. The predicted molar refractivity (Wildman–Crippen MR) is 105 cm³/mol. The normalized spacial score (nSPS) is 16.5. The zero-order valence-corrected chi connectivity index (χ0v) is 17.1. The fraction of sp³-hybridized carbons (Fsp3) is 0.333. The Morgan fingerprint density at radius 3 is 2.67 bits per heavy atom. The number of β-lactam (4-membered cyclic amide) rings is 1. The van der Waals surface area contributed by atoms with Crippen molar-refractivity contribution in [1.82, 2.24) is 30.4 Å². The number of hydrogen-bond donors (Lipinski definition) is 2. The van der Waals surface area contributed by atoms with E-state index in [1.54, 1.807) is 38.2 Å². The summed E-state index contributed by atoms with van der Waals surface area (Å²) in [5.74, 6) is -1.32. The lowest BCUT2D eigenvalue weighted by Gasteiger charge is -2.39. The second-order valence-corrected chi connectivity index (χ2v) is 7.42. The minimum Gasteiger partial charge on any atom is -0.484 e. The van der Waals surface area contributed by atoms with Gasteiger partial charge in [0, 0.05) is 12.8 Å². The molecule has 2 N–H and O–H groups in total. The monoisotopic (exact) mass is 432 g/mol. The van der Waals surface area contributed by atoms with E-state index in [0.717, 1.165) is 4.90 Å². The average molecular weight is 432 g/mol. The molecule has 0 aliphatic carbocycles. The Labute approximate surface area is 176 Å². The maximum atomic E-state index is 12.4. The standard InChI is InChI=1S/C18H20N6O5S/c1-11(10-30-18-20-21-22-23(18)2)15(17(27)28)24-8-13(16(24)26)19-14(25)9-29-12-6-4-3-5-7-12/h3-7,13H,8-10H2,1-2H3,(H,19,25)(H,27,28). The highest BCUT2D eigenvalue weighted by atomic mass is 32.2. The Balaban J connectivity index is 1.55. The molecule has 1 aromatic carbocycles. The fourth-order valence-corrected chi connectivity index (χ4v) is 3.55. The minimum absolute atomic E-state index is 0.0745. The summed E-state index contributed by atoms with van der Waals surface area (Å²) in [6.45, 7) is 1.47. The number of amides is 2. The van der Waals surface area contributed by atoms with Crippen molar-refractivity contribution in [3.8, 4) is 5.75 Å². The topological polar surface area (TPSA) is 140 Å². The van der Waals surface area contributed by atoms with E-state index in [-0.39, 0.29) is 18.8 Å². The molecule has 1 atom stereocenters. The summed E-state index contributed by atoms with van der Waals surface area (Å²) in [7, 11) is 1.67. The van der Waals surface area contributed by atoms with Crippen molar-refractivity contribution in [1.29, 1.82) is 0 Å². The van der Waals surface area contributed by atoms with Gasteiger partial charge in [0.25, 0.3) is 11.8 Å². The average Bonchev–Trinajstić information content (AvgIpc) is 3.14. The van der Waals surface area contributed by atoms with Crippen molar-refractivity contribution in [3.05, 3.63) is 41.6 Å². The smallest absolute Gasteiger partial charge is 0.352 e. The number of ether oxygens (including phenoxy) is 1. The Bertz CT molecular complexity index is 976. The van der Waals surface area contributed by atoms with Crippen molar-refractivity contribution >= 4 is 29.5 Å². The van der Waals surface area contributed by atoms with E-state index >= 15 is 0 Å². The molecule has 1 fully saturated rings. The van der Waals surface area contributed by atoms with Gasteiger partial charge in [-0.15, -0.1) is 5.10 Å². The lowest BCUT2D eigenvalue weighted by Crippen LogP contribution is -2.64. The number of tetrazole rings is 1. The van der Waals surface area contributed by atoms with Crippen LogP contribution in [0.1, 0.15) is 6.92 Å². The van der Waals surface area contributed by atoms with Crippen LogP contribution in [0, 0.1) is 0 Å². The maximum Gasteiger partial charge on any atom is 0.352 e. The van der Waals surface area contributed by atoms with Gasteiger partial charge in [0.1, 0.15) is 17.5 Å². The number of carboxylic acids is 1. The number of thioether (sulfide) groups is 1. The van der Waals surface area contributed by atoms with Gasteiger partial charge in [-0.1, -0.05) is 30.0 Å². The molecule has 2 heterocycles. The molecule has 1 aromatic heterocycles. The predicted octanol–water partition coefficient (Wildman–Crippen LogP) is 0.0668. The van der Waals surface area contributed by atoms with Crippen LogP contribution in [-0.2, 0) is 21.4 Å². The zero-order chi connectivity index (χ0) is 21.7. The number of benzene rings is 1. The second kappa shape index (κ2) is 9.39. The second-order valence-electron chi connectivity index (χ2n) is 6.48. The van der Waals surface area contributed by atoms with Crippen molar-refractivity contribution in [2.45, 2.75) is 18.1 Å². The third-order valence-corrected chi connectivity index (χ3v) is 5.43. The Hall–Kier alpha value is -3.41. The number of carbonyl (C=O) groups excluding carboxylic acids is 2. The van der Waals surface area contributed by atoms with Gasteiger partial charge in [-0.05, 0) is 35.1 Å². The van der Waals surface area contributed by atoms with E-state index in [1.165, 1.54) is 16.4 Å². The van der Waals surface area contributed by atoms with Crippen molar-refractivity contribution in [3.63, 3.8) is 0 Å². The van der Waals surface area contributed by atoms with Crippen LogP contribution in [0.25, 0.3) is 0 Å². The molecule has 2 aromatic rings. The van der Waals surface area contributed by atoms with Crippen molar-refractivity contribution < 1.29 is 24.2 Å². The molecule has 30 heavy (non-hydrogen) atoms. The Kier molecular flexibility index (Phi) is 6.67. The summed E-state index contributed by atoms with van der Waals surface area (Å²) in [6, 6.07) is 8.03. The van der Waals surface area contributed by atoms with Gasteiger partial charge in [-0.3, -0.25) is 9.59 Å². The van der Waals surface area contributed by atoms with Crippen LogP contribution in [0.4, 0.5) is 0 Å². The van der Waals surface area contributed by atoms with Crippen molar-refractivity contribution in [2.24, 2.45) is 7.05 Å². The number of aryl methyl sites for hydroxylation is 1. The molecule has 0 spiro atoms. The fourth-order valence-electron chi connectivity index (χ4n) is 2.75. The van der Waals surface area contributed by atoms with Crippen LogP contribution < -0.4 is 10.1 Å². The molecule has 2 amide bonds. The summed E-state index contributed by atoms with van der Waals surface area (Å²) in [5, 5.41) is 23.7. The maximum absolute atomic E-state index is 12.4. The number of likely N-dealkylation sites (tertiary alicyclic amines) is 1. The molecule has 3 rings (SSSR count). The molecule has 0 radical (unpaired) electrons. The molecule has 11 nitrogen and oxygen atoms in total. The van der Waals surface area contributed by atoms with E-state index in [0.29, 0.717) is 22.2 Å². The van der Waals surface area contributed by atoms with Crippen LogP contribution >= 0.6 is 11.8 Å². The molecule has 1 aliphatic heterocycles. The van der Waals surface area contributed by atoms with Crippen LogP contribution in [0.2, 0.25) is 0 Å². The number of rotatable bonds is 9. The molecule has 158 valence electrons. The van der Waals surface area contributed by atoms with Crippen LogP contribution in [0.3, 0.4) is 0 Å². The summed E-state index contributed by atoms with van der Waals surface area (Å²) >= 11 is 1.26. The molecule has 1 unspecified atom stereocenters. The highest BCUT2D eigenvalue weighted by Crippen LogP contribution is 2.24. The minimum atomic E-state index is -1.21. The largest absolute Gasteiger partial charge is 0.484 e. The lowest BCUT2D eigenvalue weighted by atomic mass is 10.0. The number of aromatic nitrogens is 4. The molecular weight excluding hydrogens is 412 g/mol. The highest BCUT2D eigenvalue weighted by molar-refractivity contribution is 7.99. The Morgan fingerprint density at radius 2 is 2.07 bits per heavy atom. The zero-order valence-electron chi connectivity index (χ0n) is 16.3. The molecular formula is C18H20N6O5S. The third kappa shape index (κ3) is 4.95. The lowest BCUT2D eigenvalue weighted by molar-refractivity contribution is -0.149. The molecule has 1 saturated heterocycles. The molecule has 1 aliphatic rings. The summed E-state index contributed by atoms with van der Waals surface area (Å²) in [5.41, 5.74) is 0.384. The number of hydrogen-bond acceptors (Lipinski definition) is 8. The van der Waals surface area contributed by atoms with Gasteiger partial charge in [0.05, 0.1) is 6.54 Å². The molecule has 0 saturated carbocycles. The number of nitrogens with one attached hydrogen (secondary N) is 1.